The molecule has 0 atom stereocenters. The first-order valence-corrected chi connectivity index (χ1v) is 9.22. The van der Waals surface area contributed by atoms with Crippen molar-refractivity contribution in [3.05, 3.63) is 18.2 Å². The summed E-state index contributed by atoms with van der Waals surface area (Å²) in [7, 11) is 1.61. The van der Waals surface area contributed by atoms with Crippen LogP contribution in [-0.2, 0) is 23.7 Å². The smallest absolute Gasteiger partial charge is 0.164 e. The maximum Gasteiger partial charge on any atom is 0.164 e. The number of fused-ring (bicyclic) bond motifs is 1. The molecule has 0 radical (unpaired) electrons. The number of rotatable bonds is 1. The van der Waals surface area contributed by atoms with Gasteiger partial charge in [0.15, 0.2) is 11.5 Å². The molecule has 0 bridgehead atoms. The molecule has 0 saturated heterocycles. The Bertz CT molecular complexity index is 497. The molecule has 8 nitrogen and oxygen atoms in total. The lowest BCUT2D eigenvalue weighted by Crippen LogP contribution is -2.14. The van der Waals surface area contributed by atoms with Crippen LogP contribution >= 0.6 is 0 Å². The molecule has 1 aliphatic heterocycles. The SMILES string of the molecule is COc1ccc2c(c1)OCCOCCOCCOCCOCCOCCO2. The van der Waals surface area contributed by atoms with Crippen LogP contribution in [0.15, 0.2) is 18.2 Å². The molecule has 0 amide bonds. The van der Waals surface area contributed by atoms with Crippen molar-refractivity contribution in [2.45, 2.75) is 0 Å². The number of hydrogen-bond donors (Lipinski definition) is 0. The van der Waals surface area contributed by atoms with Gasteiger partial charge in [-0.2, -0.15) is 0 Å². The second-order valence-electron chi connectivity index (χ2n) is 5.57. The number of benzene rings is 1. The van der Waals surface area contributed by atoms with Crippen molar-refractivity contribution in [1.29, 1.82) is 0 Å². The van der Waals surface area contributed by atoms with E-state index in [0.29, 0.717) is 96.5 Å². The average Bonchev–Trinajstić information content (AvgIpc) is 2.69. The fourth-order valence-corrected chi connectivity index (χ4v) is 2.25. The highest BCUT2D eigenvalue weighted by atomic mass is 16.6. The Morgan fingerprint density at radius 2 is 0.963 bits per heavy atom. The van der Waals surface area contributed by atoms with E-state index in [-0.39, 0.29) is 0 Å². The summed E-state index contributed by atoms with van der Waals surface area (Å²) in [5, 5.41) is 0. The van der Waals surface area contributed by atoms with Crippen LogP contribution in [0.25, 0.3) is 0 Å². The predicted octanol–water partition coefficient (Wildman–Crippen LogP) is 1.55. The molecule has 1 aromatic carbocycles. The molecule has 1 aliphatic rings. The molecular formula is C19H30O8. The van der Waals surface area contributed by atoms with E-state index in [1.165, 1.54) is 0 Å². The Morgan fingerprint density at radius 3 is 1.41 bits per heavy atom. The average molecular weight is 386 g/mol. The largest absolute Gasteiger partial charge is 0.497 e. The molecule has 0 fully saturated rings. The van der Waals surface area contributed by atoms with Gasteiger partial charge in [0.25, 0.3) is 0 Å². The van der Waals surface area contributed by atoms with E-state index in [1.807, 2.05) is 12.1 Å². The summed E-state index contributed by atoms with van der Waals surface area (Å²) >= 11 is 0. The molecule has 27 heavy (non-hydrogen) atoms. The highest BCUT2D eigenvalue weighted by Gasteiger charge is 2.08. The summed E-state index contributed by atoms with van der Waals surface area (Å²) in [6.07, 6.45) is 0. The number of hydrogen-bond acceptors (Lipinski definition) is 8. The zero-order valence-corrected chi connectivity index (χ0v) is 16.0. The summed E-state index contributed by atoms with van der Waals surface area (Å²) in [4.78, 5) is 0. The number of ether oxygens (including phenoxy) is 8. The van der Waals surface area contributed by atoms with Crippen LogP contribution in [0.3, 0.4) is 0 Å². The molecule has 0 saturated carbocycles. The standard InChI is InChI=1S/C19H30O8/c1-20-17-2-3-18-19(16-17)27-15-13-25-11-9-23-7-5-21-4-6-22-8-10-24-12-14-26-18/h2-3,16H,4-15H2,1H3. The molecule has 2 rings (SSSR count). The molecular weight excluding hydrogens is 356 g/mol. The minimum Gasteiger partial charge on any atom is -0.497 e. The summed E-state index contributed by atoms with van der Waals surface area (Å²) in [5.41, 5.74) is 0. The van der Waals surface area contributed by atoms with Crippen LogP contribution in [0.4, 0.5) is 0 Å². The van der Waals surface area contributed by atoms with Crippen LogP contribution in [0.5, 0.6) is 17.2 Å². The molecule has 8 heteroatoms. The zero-order chi connectivity index (χ0) is 19.0. The molecule has 0 N–H and O–H groups in total. The third kappa shape index (κ3) is 9.78. The van der Waals surface area contributed by atoms with Gasteiger partial charge in [-0.1, -0.05) is 0 Å². The van der Waals surface area contributed by atoms with Gasteiger partial charge in [-0.3, -0.25) is 0 Å². The van der Waals surface area contributed by atoms with E-state index in [0.717, 1.165) is 0 Å². The van der Waals surface area contributed by atoms with Crippen molar-refractivity contribution >= 4 is 0 Å². The van der Waals surface area contributed by atoms with Crippen LogP contribution in [0.2, 0.25) is 0 Å². The fourth-order valence-electron chi connectivity index (χ4n) is 2.25. The first-order chi connectivity index (χ1) is 13.4. The topological polar surface area (TPSA) is 73.8 Å². The second kappa shape index (κ2) is 14.5. The second-order valence-corrected chi connectivity index (χ2v) is 5.57. The molecule has 0 unspecified atom stereocenters. The van der Waals surface area contributed by atoms with E-state index in [4.69, 9.17) is 37.9 Å². The summed E-state index contributed by atoms with van der Waals surface area (Å²) in [6.45, 7) is 5.95. The Morgan fingerprint density at radius 1 is 0.556 bits per heavy atom. The molecule has 0 aliphatic carbocycles. The lowest BCUT2D eigenvalue weighted by atomic mass is 10.3. The van der Waals surface area contributed by atoms with Crippen molar-refractivity contribution in [2.75, 3.05) is 86.4 Å². The van der Waals surface area contributed by atoms with Gasteiger partial charge in [-0.25, -0.2) is 0 Å². The lowest BCUT2D eigenvalue weighted by Gasteiger charge is -2.14. The van der Waals surface area contributed by atoms with E-state index >= 15 is 0 Å². The third-order valence-electron chi connectivity index (χ3n) is 3.61. The molecule has 154 valence electrons. The third-order valence-corrected chi connectivity index (χ3v) is 3.61. The summed E-state index contributed by atoms with van der Waals surface area (Å²) < 4.78 is 44.0. The van der Waals surface area contributed by atoms with Gasteiger partial charge in [-0.05, 0) is 12.1 Å². The van der Waals surface area contributed by atoms with Crippen molar-refractivity contribution in [3.63, 3.8) is 0 Å². The normalized spacial score (nSPS) is 19.6. The molecule has 0 spiro atoms. The first kappa shape index (κ1) is 21.7. The fraction of sp³-hybridized carbons (Fsp3) is 0.684. The maximum absolute atomic E-state index is 5.78. The minimum absolute atomic E-state index is 0.403. The van der Waals surface area contributed by atoms with Gasteiger partial charge in [0.05, 0.1) is 73.2 Å². The van der Waals surface area contributed by atoms with Crippen molar-refractivity contribution in [2.24, 2.45) is 0 Å². The Balaban J connectivity index is 1.81. The van der Waals surface area contributed by atoms with Gasteiger partial charge < -0.3 is 37.9 Å². The van der Waals surface area contributed by atoms with Crippen LogP contribution in [0, 0.1) is 0 Å². The van der Waals surface area contributed by atoms with E-state index in [1.54, 1.807) is 13.2 Å². The van der Waals surface area contributed by atoms with Gasteiger partial charge in [0.2, 0.25) is 0 Å². The molecule has 1 aromatic rings. The van der Waals surface area contributed by atoms with Gasteiger partial charge in [0, 0.05) is 6.07 Å². The Kier molecular flexibility index (Phi) is 11.6. The van der Waals surface area contributed by atoms with Gasteiger partial charge >= 0.3 is 0 Å². The van der Waals surface area contributed by atoms with Gasteiger partial charge in [-0.15, -0.1) is 0 Å². The zero-order valence-electron chi connectivity index (χ0n) is 16.0. The van der Waals surface area contributed by atoms with Crippen molar-refractivity contribution < 1.29 is 37.9 Å². The Labute approximate surface area is 160 Å². The van der Waals surface area contributed by atoms with Crippen molar-refractivity contribution in [3.8, 4) is 17.2 Å². The van der Waals surface area contributed by atoms with Crippen LogP contribution in [0.1, 0.15) is 0 Å². The highest BCUT2D eigenvalue weighted by molar-refractivity contribution is 5.45. The van der Waals surface area contributed by atoms with E-state index < -0.39 is 0 Å². The van der Waals surface area contributed by atoms with Crippen molar-refractivity contribution in [1.82, 2.24) is 0 Å². The van der Waals surface area contributed by atoms with E-state index in [2.05, 4.69) is 0 Å². The lowest BCUT2D eigenvalue weighted by molar-refractivity contribution is -0.0134. The monoisotopic (exact) mass is 386 g/mol. The molecule has 1 heterocycles. The number of methoxy groups -OCH3 is 1. The summed E-state index contributed by atoms with van der Waals surface area (Å²) in [5.74, 6) is 1.95. The van der Waals surface area contributed by atoms with Gasteiger partial charge in [0.1, 0.15) is 19.0 Å². The highest BCUT2D eigenvalue weighted by Crippen LogP contribution is 2.31. The van der Waals surface area contributed by atoms with E-state index in [9.17, 15) is 0 Å². The maximum atomic E-state index is 5.78. The first-order valence-electron chi connectivity index (χ1n) is 9.22. The quantitative estimate of drug-likeness (QED) is 0.720. The molecule has 0 aromatic heterocycles. The predicted molar refractivity (Wildman–Crippen MR) is 98.1 cm³/mol. The summed E-state index contributed by atoms with van der Waals surface area (Å²) in [6, 6.07) is 5.44. The van der Waals surface area contributed by atoms with Crippen LogP contribution < -0.4 is 14.2 Å². The minimum atomic E-state index is 0.403. The van der Waals surface area contributed by atoms with Crippen LogP contribution in [-0.4, -0.2) is 86.4 Å². The Hall–Kier alpha value is -1.58.